The van der Waals surface area contributed by atoms with E-state index in [-0.39, 0.29) is 5.54 Å². The van der Waals surface area contributed by atoms with Crippen molar-refractivity contribution >= 4 is 15.9 Å². The lowest BCUT2D eigenvalue weighted by molar-refractivity contribution is 0.0426. The second kappa shape index (κ2) is 5.68. The molecule has 1 aromatic carbocycles. The minimum atomic E-state index is -1.17. The molecule has 0 saturated heterocycles. The van der Waals surface area contributed by atoms with E-state index < -0.39 is 11.4 Å². The summed E-state index contributed by atoms with van der Waals surface area (Å²) in [6, 6.07) is 4.98. The number of nitrogens with one attached hydrogen (secondary N) is 1. The maximum absolute atomic E-state index is 13.9. The van der Waals surface area contributed by atoms with Crippen LogP contribution in [0, 0.1) is 5.82 Å². The Bertz CT molecular complexity index is 413. The molecule has 18 heavy (non-hydrogen) atoms. The predicted molar refractivity (Wildman–Crippen MR) is 76.0 cm³/mol. The molecule has 2 nitrogen and oxygen atoms in total. The SMILES string of the molecule is CC(C)(C)NCCC(C)(O)c1cccc(Br)c1F. The monoisotopic (exact) mass is 317 g/mol. The van der Waals surface area contributed by atoms with E-state index in [1.54, 1.807) is 25.1 Å². The summed E-state index contributed by atoms with van der Waals surface area (Å²) in [5.74, 6) is -0.391. The third-order valence-electron chi connectivity index (χ3n) is 2.80. The topological polar surface area (TPSA) is 32.3 Å². The van der Waals surface area contributed by atoms with E-state index in [1.165, 1.54) is 0 Å². The van der Waals surface area contributed by atoms with Crippen molar-refractivity contribution in [2.24, 2.45) is 0 Å². The molecule has 1 atom stereocenters. The summed E-state index contributed by atoms with van der Waals surface area (Å²) < 4.78 is 14.3. The molecular weight excluding hydrogens is 297 g/mol. The highest BCUT2D eigenvalue weighted by atomic mass is 79.9. The summed E-state index contributed by atoms with van der Waals surface area (Å²) >= 11 is 3.14. The van der Waals surface area contributed by atoms with E-state index >= 15 is 0 Å². The van der Waals surface area contributed by atoms with Crippen LogP contribution in [-0.4, -0.2) is 17.2 Å². The minimum Gasteiger partial charge on any atom is -0.385 e. The third-order valence-corrected chi connectivity index (χ3v) is 3.41. The average molecular weight is 318 g/mol. The first-order valence-electron chi connectivity index (χ1n) is 6.05. The van der Waals surface area contributed by atoms with Gasteiger partial charge in [-0.1, -0.05) is 12.1 Å². The van der Waals surface area contributed by atoms with Crippen molar-refractivity contribution in [2.45, 2.75) is 45.3 Å². The highest BCUT2D eigenvalue weighted by molar-refractivity contribution is 9.10. The number of hydrogen-bond acceptors (Lipinski definition) is 2. The molecule has 1 aromatic rings. The number of aliphatic hydroxyl groups is 1. The Morgan fingerprint density at radius 1 is 1.28 bits per heavy atom. The van der Waals surface area contributed by atoms with Gasteiger partial charge in [0.15, 0.2) is 0 Å². The lowest BCUT2D eigenvalue weighted by Gasteiger charge is -2.27. The lowest BCUT2D eigenvalue weighted by Crippen LogP contribution is -2.39. The fourth-order valence-corrected chi connectivity index (χ4v) is 2.10. The van der Waals surface area contributed by atoms with Gasteiger partial charge in [0.2, 0.25) is 0 Å². The van der Waals surface area contributed by atoms with Crippen LogP contribution >= 0.6 is 15.9 Å². The van der Waals surface area contributed by atoms with Crippen molar-refractivity contribution in [3.8, 4) is 0 Å². The van der Waals surface area contributed by atoms with Crippen molar-refractivity contribution in [1.82, 2.24) is 5.32 Å². The second-order valence-corrected chi connectivity index (χ2v) is 6.66. The highest BCUT2D eigenvalue weighted by Gasteiger charge is 2.27. The maximum atomic E-state index is 13.9. The van der Waals surface area contributed by atoms with Gasteiger partial charge in [0.05, 0.1) is 10.1 Å². The molecule has 0 radical (unpaired) electrons. The van der Waals surface area contributed by atoms with Gasteiger partial charge >= 0.3 is 0 Å². The Hall–Kier alpha value is -0.450. The van der Waals surface area contributed by atoms with Gasteiger partial charge in [0.25, 0.3) is 0 Å². The summed E-state index contributed by atoms with van der Waals surface area (Å²) in [6.45, 7) is 8.44. The Kier molecular flexibility index (Phi) is 4.92. The minimum absolute atomic E-state index is 0.00804. The molecule has 102 valence electrons. The maximum Gasteiger partial charge on any atom is 0.143 e. The fraction of sp³-hybridized carbons (Fsp3) is 0.571. The van der Waals surface area contributed by atoms with Crippen LogP contribution in [0.25, 0.3) is 0 Å². The summed E-state index contributed by atoms with van der Waals surface area (Å²) in [5, 5.41) is 13.7. The van der Waals surface area contributed by atoms with E-state index in [0.29, 0.717) is 23.0 Å². The zero-order valence-electron chi connectivity index (χ0n) is 11.3. The molecule has 0 heterocycles. The van der Waals surface area contributed by atoms with Crippen molar-refractivity contribution in [1.29, 1.82) is 0 Å². The van der Waals surface area contributed by atoms with Gasteiger partial charge in [0, 0.05) is 11.1 Å². The van der Waals surface area contributed by atoms with Crippen LogP contribution in [0.2, 0.25) is 0 Å². The van der Waals surface area contributed by atoms with Gasteiger partial charge in [-0.3, -0.25) is 0 Å². The predicted octanol–water partition coefficient (Wildman–Crippen LogP) is 3.57. The normalized spacial score (nSPS) is 15.5. The Labute approximate surface area is 117 Å². The van der Waals surface area contributed by atoms with E-state index in [1.807, 2.05) is 0 Å². The van der Waals surface area contributed by atoms with Gasteiger partial charge in [-0.25, -0.2) is 4.39 Å². The molecular formula is C14H21BrFNO. The molecule has 0 aliphatic heterocycles. The van der Waals surface area contributed by atoms with Crippen LogP contribution < -0.4 is 5.32 Å². The molecule has 0 aliphatic carbocycles. The smallest absolute Gasteiger partial charge is 0.143 e. The molecule has 0 bridgehead atoms. The molecule has 0 spiro atoms. The zero-order valence-corrected chi connectivity index (χ0v) is 12.9. The van der Waals surface area contributed by atoms with E-state index in [0.717, 1.165) is 0 Å². The van der Waals surface area contributed by atoms with Gasteiger partial charge in [0.1, 0.15) is 5.82 Å². The lowest BCUT2D eigenvalue weighted by atomic mass is 9.91. The fourth-order valence-electron chi connectivity index (χ4n) is 1.74. The standard InChI is InChI=1S/C14H21BrFNO/c1-13(2,3)17-9-8-14(4,18)10-6-5-7-11(15)12(10)16/h5-7,17-18H,8-9H2,1-4H3. The Morgan fingerprint density at radius 3 is 2.44 bits per heavy atom. The first kappa shape index (κ1) is 15.6. The molecule has 0 amide bonds. The van der Waals surface area contributed by atoms with Crippen molar-refractivity contribution < 1.29 is 9.50 Å². The molecule has 4 heteroatoms. The number of halogens is 2. The first-order valence-corrected chi connectivity index (χ1v) is 6.85. The molecule has 0 saturated carbocycles. The van der Waals surface area contributed by atoms with Gasteiger partial charge in [-0.2, -0.15) is 0 Å². The number of rotatable bonds is 4. The van der Waals surface area contributed by atoms with Crippen LogP contribution in [0.3, 0.4) is 0 Å². The van der Waals surface area contributed by atoms with Crippen LogP contribution in [0.1, 0.15) is 39.7 Å². The largest absolute Gasteiger partial charge is 0.385 e. The first-order chi connectivity index (χ1) is 8.13. The Morgan fingerprint density at radius 2 is 1.89 bits per heavy atom. The highest BCUT2D eigenvalue weighted by Crippen LogP contribution is 2.30. The number of hydrogen-bond donors (Lipinski definition) is 2. The molecule has 2 N–H and O–H groups in total. The quantitative estimate of drug-likeness (QED) is 0.889. The molecule has 0 aliphatic rings. The van der Waals surface area contributed by atoms with Gasteiger partial charge in [-0.15, -0.1) is 0 Å². The van der Waals surface area contributed by atoms with Crippen molar-refractivity contribution in [2.75, 3.05) is 6.54 Å². The summed E-state index contributed by atoms with van der Waals surface area (Å²) in [4.78, 5) is 0. The van der Waals surface area contributed by atoms with E-state index in [9.17, 15) is 9.50 Å². The summed E-state index contributed by atoms with van der Waals surface area (Å²) in [7, 11) is 0. The van der Waals surface area contributed by atoms with E-state index in [2.05, 4.69) is 42.0 Å². The van der Waals surface area contributed by atoms with Crippen LogP contribution in [0.4, 0.5) is 4.39 Å². The third kappa shape index (κ3) is 4.34. The zero-order chi connectivity index (χ0) is 14.0. The van der Waals surface area contributed by atoms with Gasteiger partial charge in [-0.05, 0) is 62.7 Å². The van der Waals surface area contributed by atoms with Crippen LogP contribution in [0.5, 0.6) is 0 Å². The van der Waals surface area contributed by atoms with Crippen LogP contribution in [0.15, 0.2) is 22.7 Å². The molecule has 1 rings (SSSR count). The van der Waals surface area contributed by atoms with Gasteiger partial charge < -0.3 is 10.4 Å². The molecule has 0 aromatic heterocycles. The number of benzene rings is 1. The molecule has 1 unspecified atom stereocenters. The second-order valence-electron chi connectivity index (χ2n) is 5.80. The Balaban J connectivity index is 2.77. The van der Waals surface area contributed by atoms with Crippen molar-refractivity contribution in [3.63, 3.8) is 0 Å². The van der Waals surface area contributed by atoms with E-state index in [4.69, 9.17) is 0 Å². The summed E-state index contributed by atoms with van der Waals surface area (Å²) in [5.41, 5.74) is -0.856. The summed E-state index contributed by atoms with van der Waals surface area (Å²) in [6.07, 6.45) is 0.456. The van der Waals surface area contributed by atoms with Crippen LogP contribution in [-0.2, 0) is 5.60 Å². The molecule has 0 fully saturated rings. The van der Waals surface area contributed by atoms with Crippen molar-refractivity contribution in [3.05, 3.63) is 34.1 Å². The average Bonchev–Trinajstić information content (AvgIpc) is 2.19.